The van der Waals surface area contributed by atoms with Crippen molar-refractivity contribution in [1.29, 1.82) is 0 Å². The fourth-order valence-corrected chi connectivity index (χ4v) is 5.24. The summed E-state index contributed by atoms with van der Waals surface area (Å²) in [4.78, 5) is 11.7. The molecule has 0 radical (unpaired) electrons. The number of hydrogen-bond acceptors (Lipinski definition) is 5. The highest BCUT2D eigenvalue weighted by molar-refractivity contribution is 6.74. The van der Waals surface area contributed by atoms with Gasteiger partial charge < -0.3 is 18.6 Å². The zero-order valence-electron chi connectivity index (χ0n) is 17.0. The molecule has 6 heteroatoms. The molecular weight excluding hydrogens is 336 g/mol. The zero-order valence-corrected chi connectivity index (χ0v) is 18.0. The van der Waals surface area contributed by atoms with Gasteiger partial charge in [-0.05, 0) is 49.7 Å². The third-order valence-electron chi connectivity index (χ3n) is 6.28. The summed E-state index contributed by atoms with van der Waals surface area (Å²) in [6, 6.07) is 0. The monoisotopic (exact) mass is 372 g/mol. The number of fused-ring (bicyclic) bond motifs is 1. The minimum Gasteiger partial charge on any atom is -0.469 e. The number of methoxy groups -OCH3 is 1. The average Bonchev–Trinajstić information content (AvgIpc) is 3.01. The molecule has 1 heterocycles. The van der Waals surface area contributed by atoms with E-state index in [1.54, 1.807) is 0 Å². The highest BCUT2D eigenvalue weighted by Crippen LogP contribution is 2.49. The van der Waals surface area contributed by atoms with Gasteiger partial charge in [-0.25, -0.2) is 0 Å². The predicted molar refractivity (Wildman–Crippen MR) is 99.8 cm³/mol. The van der Waals surface area contributed by atoms with Gasteiger partial charge in [-0.3, -0.25) is 4.79 Å². The molecule has 1 unspecified atom stereocenters. The molecule has 5 atom stereocenters. The fourth-order valence-electron chi connectivity index (χ4n) is 3.86. The van der Waals surface area contributed by atoms with Crippen molar-refractivity contribution in [2.45, 2.75) is 90.0 Å². The zero-order chi connectivity index (χ0) is 18.8. The Morgan fingerprint density at radius 1 is 1.24 bits per heavy atom. The largest absolute Gasteiger partial charge is 0.469 e. The number of esters is 1. The molecule has 2 aliphatic rings. The van der Waals surface area contributed by atoms with Crippen molar-refractivity contribution in [1.82, 2.24) is 0 Å². The summed E-state index contributed by atoms with van der Waals surface area (Å²) in [6.45, 7) is 14.0. The van der Waals surface area contributed by atoms with Crippen molar-refractivity contribution in [3.63, 3.8) is 0 Å². The summed E-state index contributed by atoms with van der Waals surface area (Å²) in [7, 11) is -0.408. The Balaban J connectivity index is 2.09. The van der Waals surface area contributed by atoms with Crippen LogP contribution in [0.3, 0.4) is 0 Å². The predicted octanol–water partition coefficient (Wildman–Crippen LogP) is 4.12. The highest BCUT2D eigenvalue weighted by Gasteiger charge is 2.52. The summed E-state index contributed by atoms with van der Waals surface area (Å²) in [5.41, 5.74) is 0. The number of hydrogen-bond donors (Lipinski definition) is 0. The van der Waals surface area contributed by atoms with Crippen molar-refractivity contribution in [2.75, 3.05) is 13.7 Å². The van der Waals surface area contributed by atoms with Crippen LogP contribution in [0.4, 0.5) is 0 Å². The maximum Gasteiger partial charge on any atom is 0.305 e. The van der Waals surface area contributed by atoms with Crippen LogP contribution in [0, 0.1) is 11.8 Å². The normalized spacial score (nSPS) is 32.7. The van der Waals surface area contributed by atoms with Crippen molar-refractivity contribution in [3.8, 4) is 0 Å². The average molecular weight is 373 g/mol. The lowest BCUT2D eigenvalue weighted by molar-refractivity contribution is -0.141. The Kier molecular flexibility index (Phi) is 6.74. The van der Waals surface area contributed by atoms with Gasteiger partial charge in [0.05, 0.1) is 19.3 Å². The summed E-state index contributed by atoms with van der Waals surface area (Å²) in [5.74, 6) is 0.606. The van der Waals surface area contributed by atoms with E-state index in [0.717, 1.165) is 19.3 Å². The van der Waals surface area contributed by atoms with E-state index in [1.807, 2.05) is 6.92 Å². The molecular formula is C19H36O5Si. The lowest BCUT2D eigenvalue weighted by Gasteiger charge is -2.40. The molecule has 5 nitrogen and oxygen atoms in total. The second-order valence-electron chi connectivity index (χ2n) is 8.89. The molecule has 1 aliphatic carbocycles. The first-order valence-electron chi connectivity index (χ1n) is 9.60. The van der Waals surface area contributed by atoms with E-state index in [9.17, 15) is 4.79 Å². The molecule has 1 saturated carbocycles. The van der Waals surface area contributed by atoms with Gasteiger partial charge in [-0.15, -0.1) is 0 Å². The van der Waals surface area contributed by atoms with E-state index in [-0.39, 0.29) is 29.5 Å². The molecule has 0 N–H and O–H groups in total. The second-order valence-corrected chi connectivity index (χ2v) is 13.6. The van der Waals surface area contributed by atoms with Crippen LogP contribution in [0.25, 0.3) is 0 Å². The molecule has 0 aromatic carbocycles. The first-order chi connectivity index (χ1) is 11.6. The van der Waals surface area contributed by atoms with Crippen LogP contribution in [0.15, 0.2) is 0 Å². The van der Waals surface area contributed by atoms with Gasteiger partial charge in [0, 0.05) is 19.4 Å². The van der Waals surface area contributed by atoms with E-state index in [2.05, 4.69) is 33.9 Å². The van der Waals surface area contributed by atoms with Gasteiger partial charge in [0.15, 0.2) is 14.6 Å². The summed E-state index contributed by atoms with van der Waals surface area (Å²) in [6.07, 6.45) is 3.32. The second kappa shape index (κ2) is 8.07. The van der Waals surface area contributed by atoms with Crippen LogP contribution in [0.1, 0.15) is 53.4 Å². The van der Waals surface area contributed by atoms with E-state index in [1.165, 1.54) is 7.11 Å². The Hall–Kier alpha value is -0.433. The SMILES string of the molecule is CCOC1C[C@@H]2[C@@H](CCC(=O)OC)[C@@H](O[Si](C)(C)C(C)(C)C)C[C@@H]2O1. The first-order valence-corrected chi connectivity index (χ1v) is 12.5. The Morgan fingerprint density at radius 3 is 2.48 bits per heavy atom. The van der Waals surface area contributed by atoms with Crippen molar-refractivity contribution < 1.29 is 23.4 Å². The molecule has 1 aliphatic heterocycles. The van der Waals surface area contributed by atoms with E-state index < -0.39 is 8.32 Å². The summed E-state index contributed by atoms with van der Waals surface area (Å²) >= 11 is 0. The quantitative estimate of drug-likeness (QED) is 0.497. The standard InChI is InChI=1S/C19H36O5Si/c1-8-22-18-11-14-13(9-10-17(20)21-5)16(12-15(14)23-18)24-25(6,7)19(2,3)4/h13-16,18H,8-12H2,1-7H3/t13-,14-,15+,16+,18?/m1/s1. The molecule has 2 fully saturated rings. The molecule has 0 amide bonds. The Bertz CT molecular complexity index is 459. The molecule has 146 valence electrons. The molecule has 0 aromatic heterocycles. The molecule has 0 aromatic rings. The van der Waals surface area contributed by atoms with Crippen molar-refractivity contribution in [3.05, 3.63) is 0 Å². The number of carbonyl (C=O) groups excluding carboxylic acids is 1. The van der Waals surface area contributed by atoms with Crippen LogP contribution >= 0.6 is 0 Å². The smallest absolute Gasteiger partial charge is 0.305 e. The lowest BCUT2D eigenvalue weighted by atomic mass is 9.88. The van der Waals surface area contributed by atoms with Crippen LogP contribution in [0.2, 0.25) is 18.1 Å². The van der Waals surface area contributed by atoms with Gasteiger partial charge in [0.2, 0.25) is 0 Å². The summed E-state index contributed by atoms with van der Waals surface area (Å²) in [5, 5.41) is 0.173. The van der Waals surface area contributed by atoms with Gasteiger partial charge in [-0.2, -0.15) is 0 Å². The highest BCUT2D eigenvalue weighted by atomic mass is 28.4. The third-order valence-corrected chi connectivity index (χ3v) is 10.8. The molecule has 2 rings (SSSR count). The Labute approximate surface area is 153 Å². The third kappa shape index (κ3) is 4.84. The van der Waals surface area contributed by atoms with Gasteiger partial charge in [0.25, 0.3) is 0 Å². The topological polar surface area (TPSA) is 54.0 Å². The minimum absolute atomic E-state index is 0.102. The number of ether oxygens (including phenoxy) is 3. The van der Waals surface area contributed by atoms with Gasteiger partial charge in [-0.1, -0.05) is 20.8 Å². The van der Waals surface area contributed by atoms with Crippen LogP contribution in [0.5, 0.6) is 0 Å². The van der Waals surface area contributed by atoms with Crippen LogP contribution in [-0.4, -0.2) is 46.5 Å². The van der Waals surface area contributed by atoms with E-state index >= 15 is 0 Å². The van der Waals surface area contributed by atoms with Gasteiger partial charge >= 0.3 is 5.97 Å². The number of carbonyl (C=O) groups is 1. The molecule has 25 heavy (non-hydrogen) atoms. The minimum atomic E-state index is -1.86. The van der Waals surface area contributed by atoms with Crippen LogP contribution < -0.4 is 0 Å². The maximum absolute atomic E-state index is 11.7. The summed E-state index contributed by atoms with van der Waals surface area (Å²) < 4.78 is 23.4. The van der Waals surface area contributed by atoms with Crippen LogP contribution in [-0.2, 0) is 23.4 Å². The van der Waals surface area contributed by atoms with E-state index in [4.69, 9.17) is 18.6 Å². The van der Waals surface area contributed by atoms with Gasteiger partial charge in [0.1, 0.15) is 0 Å². The lowest BCUT2D eigenvalue weighted by Crippen LogP contribution is -2.45. The molecule has 1 saturated heterocycles. The first kappa shape index (κ1) is 20.9. The number of rotatable bonds is 7. The fraction of sp³-hybridized carbons (Fsp3) is 0.947. The Morgan fingerprint density at radius 2 is 1.92 bits per heavy atom. The maximum atomic E-state index is 11.7. The van der Waals surface area contributed by atoms with E-state index in [0.29, 0.717) is 24.9 Å². The van der Waals surface area contributed by atoms with Crippen molar-refractivity contribution >= 4 is 14.3 Å². The molecule has 0 spiro atoms. The molecule has 0 bridgehead atoms. The van der Waals surface area contributed by atoms with Crippen molar-refractivity contribution in [2.24, 2.45) is 11.8 Å².